The summed E-state index contributed by atoms with van der Waals surface area (Å²) < 4.78 is 26.1. The fourth-order valence-electron chi connectivity index (χ4n) is 2.20. The first-order valence-corrected chi connectivity index (χ1v) is 8.08. The van der Waals surface area contributed by atoms with Crippen LogP contribution in [-0.4, -0.2) is 16.8 Å². The van der Waals surface area contributed by atoms with E-state index in [0.29, 0.717) is 11.4 Å². The Hall–Kier alpha value is -3.32. The summed E-state index contributed by atoms with van der Waals surface area (Å²) in [5.74, 6) is -2.07. The number of rotatable bonds is 4. The highest BCUT2D eigenvalue weighted by Crippen LogP contribution is 2.20. The average Bonchev–Trinajstić information content (AvgIpc) is 2.66. The van der Waals surface area contributed by atoms with Crippen molar-refractivity contribution in [1.82, 2.24) is 4.98 Å². The molecule has 0 aliphatic carbocycles. The van der Waals surface area contributed by atoms with Gasteiger partial charge in [0.1, 0.15) is 11.6 Å². The highest BCUT2D eigenvalue weighted by Gasteiger charge is 2.13. The van der Waals surface area contributed by atoms with Gasteiger partial charge in [-0.1, -0.05) is 11.6 Å². The molecule has 2 amide bonds. The molecule has 2 aromatic carbocycles. The van der Waals surface area contributed by atoms with E-state index in [-0.39, 0.29) is 16.1 Å². The molecule has 27 heavy (non-hydrogen) atoms. The average molecular weight is 388 g/mol. The Bertz CT molecular complexity index is 1010. The molecular weight excluding hydrogens is 376 g/mol. The van der Waals surface area contributed by atoms with E-state index in [0.717, 1.165) is 6.07 Å². The molecule has 0 saturated carbocycles. The molecule has 0 saturated heterocycles. The van der Waals surface area contributed by atoms with Crippen molar-refractivity contribution in [1.29, 1.82) is 0 Å². The minimum absolute atomic E-state index is 0.127. The van der Waals surface area contributed by atoms with Gasteiger partial charge in [-0.05, 0) is 48.5 Å². The zero-order valence-corrected chi connectivity index (χ0v) is 14.4. The lowest BCUT2D eigenvalue weighted by Gasteiger charge is -2.08. The van der Waals surface area contributed by atoms with E-state index in [1.165, 1.54) is 54.9 Å². The second kappa shape index (κ2) is 7.92. The third-order valence-corrected chi connectivity index (χ3v) is 3.83. The van der Waals surface area contributed by atoms with Gasteiger partial charge in [0.05, 0.1) is 16.1 Å². The van der Waals surface area contributed by atoms with Crippen molar-refractivity contribution in [3.63, 3.8) is 0 Å². The molecule has 0 atom stereocenters. The van der Waals surface area contributed by atoms with E-state index in [4.69, 9.17) is 11.6 Å². The first-order chi connectivity index (χ1) is 12.9. The highest BCUT2D eigenvalue weighted by molar-refractivity contribution is 6.31. The van der Waals surface area contributed by atoms with Crippen LogP contribution < -0.4 is 10.6 Å². The predicted molar refractivity (Wildman–Crippen MR) is 98.0 cm³/mol. The molecule has 3 aromatic rings. The number of aromatic nitrogens is 1. The minimum Gasteiger partial charge on any atom is -0.322 e. The van der Waals surface area contributed by atoms with Crippen molar-refractivity contribution in [2.45, 2.75) is 0 Å². The Morgan fingerprint density at radius 2 is 1.37 bits per heavy atom. The summed E-state index contributed by atoms with van der Waals surface area (Å²) in [6, 6.07) is 10.4. The van der Waals surface area contributed by atoms with Gasteiger partial charge < -0.3 is 10.6 Å². The van der Waals surface area contributed by atoms with Crippen LogP contribution in [0.5, 0.6) is 0 Å². The fraction of sp³-hybridized carbons (Fsp3) is 0. The number of carbonyl (C=O) groups excluding carboxylic acids is 2. The Balaban J connectivity index is 1.73. The zero-order chi connectivity index (χ0) is 19.4. The van der Waals surface area contributed by atoms with Gasteiger partial charge in [-0.2, -0.15) is 0 Å². The van der Waals surface area contributed by atoms with Gasteiger partial charge in [0.2, 0.25) is 0 Å². The van der Waals surface area contributed by atoms with Gasteiger partial charge in [0, 0.05) is 23.8 Å². The van der Waals surface area contributed by atoms with E-state index in [1.54, 1.807) is 0 Å². The van der Waals surface area contributed by atoms with Crippen LogP contribution in [0.3, 0.4) is 0 Å². The summed E-state index contributed by atoms with van der Waals surface area (Å²) in [5, 5.41) is 5.00. The smallest absolute Gasteiger partial charge is 0.257 e. The largest absolute Gasteiger partial charge is 0.322 e. The van der Waals surface area contributed by atoms with Crippen LogP contribution in [0, 0.1) is 11.6 Å². The second-order valence-electron chi connectivity index (χ2n) is 5.51. The molecule has 136 valence electrons. The Labute approximate surface area is 158 Å². The van der Waals surface area contributed by atoms with Crippen molar-refractivity contribution in [3.8, 4) is 0 Å². The summed E-state index contributed by atoms with van der Waals surface area (Å²) in [6.07, 6.45) is 2.58. The maximum Gasteiger partial charge on any atom is 0.257 e. The number of carbonyl (C=O) groups is 2. The molecule has 2 N–H and O–H groups in total. The number of nitrogens with zero attached hydrogens (tertiary/aromatic N) is 1. The Kier molecular flexibility index (Phi) is 5.42. The molecule has 8 heteroatoms. The first-order valence-electron chi connectivity index (χ1n) is 7.71. The number of hydrogen-bond donors (Lipinski definition) is 2. The third-order valence-electron chi connectivity index (χ3n) is 3.54. The van der Waals surface area contributed by atoms with E-state index >= 15 is 0 Å². The summed E-state index contributed by atoms with van der Waals surface area (Å²) in [6.45, 7) is 0. The van der Waals surface area contributed by atoms with E-state index < -0.39 is 23.4 Å². The van der Waals surface area contributed by atoms with E-state index in [9.17, 15) is 18.4 Å². The summed E-state index contributed by atoms with van der Waals surface area (Å²) in [5.41, 5.74) is 0.969. The molecule has 0 spiro atoms. The molecule has 0 aliphatic heterocycles. The van der Waals surface area contributed by atoms with Gasteiger partial charge in [-0.25, -0.2) is 8.78 Å². The third kappa shape index (κ3) is 4.65. The second-order valence-corrected chi connectivity index (χ2v) is 5.91. The lowest BCUT2D eigenvalue weighted by Crippen LogP contribution is -2.16. The molecule has 1 heterocycles. The van der Waals surface area contributed by atoms with E-state index in [1.807, 2.05) is 0 Å². The molecule has 0 aliphatic rings. The molecular formula is C19H12ClF2N3O2. The highest BCUT2D eigenvalue weighted by atomic mass is 35.5. The number of benzene rings is 2. The molecule has 5 nitrogen and oxygen atoms in total. The zero-order valence-electron chi connectivity index (χ0n) is 13.7. The van der Waals surface area contributed by atoms with Gasteiger partial charge in [-0.3, -0.25) is 14.6 Å². The maximum atomic E-state index is 13.2. The fourth-order valence-corrected chi connectivity index (χ4v) is 2.38. The lowest BCUT2D eigenvalue weighted by molar-refractivity contribution is 0.102. The van der Waals surface area contributed by atoms with Crippen LogP contribution in [0.1, 0.15) is 20.7 Å². The van der Waals surface area contributed by atoms with Gasteiger partial charge in [0.15, 0.2) is 0 Å². The molecule has 3 rings (SSSR count). The number of pyridine rings is 1. The summed E-state index contributed by atoms with van der Waals surface area (Å²) in [4.78, 5) is 28.5. The van der Waals surface area contributed by atoms with Crippen LogP contribution in [0.2, 0.25) is 5.02 Å². The lowest BCUT2D eigenvalue weighted by atomic mass is 10.1. The van der Waals surface area contributed by atoms with Gasteiger partial charge >= 0.3 is 0 Å². The maximum absolute atomic E-state index is 13.2. The van der Waals surface area contributed by atoms with Crippen LogP contribution in [-0.2, 0) is 0 Å². The predicted octanol–water partition coefficient (Wildman–Crippen LogP) is 4.52. The number of nitrogens with one attached hydrogen (secondary N) is 2. The van der Waals surface area contributed by atoms with Crippen LogP contribution in [0.25, 0.3) is 0 Å². The van der Waals surface area contributed by atoms with Gasteiger partial charge in [-0.15, -0.1) is 0 Å². The quantitative estimate of drug-likeness (QED) is 0.691. The number of anilines is 2. The molecule has 1 aromatic heterocycles. The van der Waals surface area contributed by atoms with Crippen molar-refractivity contribution in [3.05, 3.63) is 88.7 Å². The SMILES string of the molecule is O=C(Nc1ccc(F)cc1)c1cncc(C(=O)Nc2ccc(F)c(Cl)c2)c1. The van der Waals surface area contributed by atoms with Gasteiger partial charge in [0.25, 0.3) is 11.8 Å². The number of amides is 2. The van der Waals surface area contributed by atoms with Crippen molar-refractivity contribution >= 4 is 34.8 Å². The standard InChI is InChI=1S/C19H12ClF2N3O2/c20-16-8-15(5-6-17(16)22)25-19(27)12-7-11(9-23-10-12)18(26)24-14-3-1-13(21)2-4-14/h1-10H,(H,24,26)(H,25,27). The summed E-state index contributed by atoms with van der Waals surface area (Å²) >= 11 is 5.68. The Morgan fingerprint density at radius 1 is 0.815 bits per heavy atom. The van der Waals surface area contributed by atoms with Crippen LogP contribution in [0.15, 0.2) is 60.9 Å². The van der Waals surface area contributed by atoms with Crippen molar-refractivity contribution in [2.24, 2.45) is 0 Å². The Morgan fingerprint density at radius 3 is 1.96 bits per heavy atom. The first kappa shape index (κ1) is 18.5. The van der Waals surface area contributed by atoms with Crippen LogP contribution in [0.4, 0.5) is 20.2 Å². The molecule has 0 radical (unpaired) electrons. The van der Waals surface area contributed by atoms with E-state index in [2.05, 4.69) is 15.6 Å². The van der Waals surface area contributed by atoms with Crippen LogP contribution >= 0.6 is 11.6 Å². The number of halogens is 3. The minimum atomic E-state index is -0.601. The van der Waals surface area contributed by atoms with Crippen molar-refractivity contribution < 1.29 is 18.4 Å². The molecule has 0 unspecified atom stereocenters. The number of hydrogen-bond acceptors (Lipinski definition) is 3. The summed E-state index contributed by atoms with van der Waals surface area (Å²) in [7, 11) is 0. The van der Waals surface area contributed by atoms with Crippen molar-refractivity contribution in [2.75, 3.05) is 10.6 Å². The monoisotopic (exact) mass is 387 g/mol. The topological polar surface area (TPSA) is 71.1 Å². The molecule has 0 bridgehead atoms. The molecule has 0 fully saturated rings. The normalized spacial score (nSPS) is 10.3.